The molecule has 0 aromatic carbocycles. The summed E-state index contributed by atoms with van der Waals surface area (Å²) < 4.78 is 33.6. The quantitative estimate of drug-likeness (QED) is 0.333. The molecule has 3 amide bonds. The van der Waals surface area contributed by atoms with Crippen LogP contribution in [0.2, 0.25) is 0 Å². The first-order valence-corrected chi connectivity index (χ1v) is 6.35. The Kier molecular flexibility index (Phi) is 4.45. The SMILES string of the molecule is CCN1C(=O)N(OS(=O)(=O)O)CC[C@H]1C(=O)NO. The second-order valence-corrected chi connectivity index (χ2v) is 4.46. The van der Waals surface area contributed by atoms with E-state index in [-0.39, 0.29) is 19.5 Å². The molecule has 0 aromatic heterocycles. The zero-order valence-corrected chi connectivity index (χ0v) is 10.3. The van der Waals surface area contributed by atoms with Gasteiger partial charge < -0.3 is 4.90 Å². The predicted molar refractivity (Wildman–Crippen MR) is 55.4 cm³/mol. The molecule has 3 N–H and O–H groups in total. The first kappa shape index (κ1) is 14.6. The van der Waals surface area contributed by atoms with Crippen LogP contribution in [0.3, 0.4) is 0 Å². The highest BCUT2D eigenvalue weighted by Gasteiger charge is 2.38. The largest absolute Gasteiger partial charge is 0.418 e. The van der Waals surface area contributed by atoms with Gasteiger partial charge in [0.15, 0.2) is 0 Å². The minimum atomic E-state index is -4.80. The molecule has 1 aliphatic heterocycles. The number of rotatable bonds is 4. The van der Waals surface area contributed by atoms with Crippen LogP contribution in [0, 0.1) is 0 Å². The summed E-state index contributed by atoms with van der Waals surface area (Å²) in [5.74, 6) is -0.781. The number of hydrogen-bond donors (Lipinski definition) is 3. The summed E-state index contributed by atoms with van der Waals surface area (Å²) in [6.45, 7) is 1.45. The molecule has 10 nitrogen and oxygen atoms in total. The molecule has 1 fully saturated rings. The Morgan fingerprint density at radius 3 is 2.67 bits per heavy atom. The third kappa shape index (κ3) is 3.29. The maximum Gasteiger partial charge on any atom is 0.418 e. The van der Waals surface area contributed by atoms with Crippen LogP contribution < -0.4 is 5.48 Å². The molecule has 18 heavy (non-hydrogen) atoms. The summed E-state index contributed by atoms with van der Waals surface area (Å²) in [5, 5.41) is 8.95. The molecule has 0 aromatic rings. The number of hydroxylamine groups is 3. The summed E-state index contributed by atoms with van der Waals surface area (Å²) >= 11 is 0. The van der Waals surface area contributed by atoms with Gasteiger partial charge in [-0.2, -0.15) is 13.5 Å². The third-order valence-corrected chi connectivity index (χ3v) is 2.75. The number of amides is 3. The van der Waals surface area contributed by atoms with E-state index in [0.717, 1.165) is 4.90 Å². The van der Waals surface area contributed by atoms with Gasteiger partial charge in [0.05, 0.1) is 6.54 Å². The Morgan fingerprint density at radius 2 is 2.22 bits per heavy atom. The van der Waals surface area contributed by atoms with Crippen molar-refractivity contribution in [1.82, 2.24) is 15.4 Å². The van der Waals surface area contributed by atoms with E-state index in [1.54, 1.807) is 6.92 Å². The van der Waals surface area contributed by atoms with Crippen molar-refractivity contribution < 1.29 is 32.1 Å². The molecular formula is C7H13N3O7S. The number of nitrogens with one attached hydrogen (secondary N) is 1. The Labute approximate surface area is 103 Å². The summed E-state index contributed by atoms with van der Waals surface area (Å²) in [4.78, 5) is 24.0. The smallest absolute Gasteiger partial charge is 0.311 e. The van der Waals surface area contributed by atoms with E-state index in [9.17, 15) is 18.0 Å². The molecule has 1 saturated heterocycles. The number of nitrogens with zero attached hydrogens (tertiary/aromatic N) is 2. The second kappa shape index (κ2) is 5.48. The van der Waals surface area contributed by atoms with E-state index in [1.165, 1.54) is 5.48 Å². The van der Waals surface area contributed by atoms with E-state index in [1.807, 2.05) is 0 Å². The van der Waals surface area contributed by atoms with Crippen LogP contribution in [0.1, 0.15) is 13.3 Å². The van der Waals surface area contributed by atoms with E-state index in [4.69, 9.17) is 9.76 Å². The molecule has 0 spiro atoms. The summed E-state index contributed by atoms with van der Waals surface area (Å²) in [6, 6.07) is -1.82. The van der Waals surface area contributed by atoms with Crippen molar-refractivity contribution in [3.63, 3.8) is 0 Å². The molecule has 1 aliphatic rings. The molecule has 0 bridgehead atoms. The third-order valence-electron chi connectivity index (χ3n) is 2.38. The highest BCUT2D eigenvalue weighted by atomic mass is 32.3. The van der Waals surface area contributed by atoms with Gasteiger partial charge in [-0.05, 0) is 13.3 Å². The van der Waals surface area contributed by atoms with Crippen molar-refractivity contribution in [2.45, 2.75) is 19.4 Å². The van der Waals surface area contributed by atoms with Gasteiger partial charge in [0.25, 0.3) is 5.91 Å². The minimum Gasteiger partial charge on any atom is -0.311 e. The monoisotopic (exact) mass is 283 g/mol. The number of hydrogen-bond acceptors (Lipinski definition) is 6. The van der Waals surface area contributed by atoms with Gasteiger partial charge in [0.2, 0.25) is 0 Å². The molecule has 0 unspecified atom stereocenters. The Hall–Kier alpha value is -1.43. The van der Waals surface area contributed by atoms with E-state index < -0.39 is 28.4 Å². The molecule has 1 heterocycles. The minimum absolute atomic E-state index is 0.0431. The van der Waals surface area contributed by atoms with Crippen molar-refractivity contribution in [2.75, 3.05) is 13.1 Å². The first-order chi connectivity index (χ1) is 8.30. The Balaban J connectivity index is 2.84. The van der Waals surface area contributed by atoms with E-state index >= 15 is 0 Å². The molecule has 1 atom stereocenters. The van der Waals surface area contributed by atoms with Crippen LogP contribution in [0.15, 0.2) is 0 Å². The lowest BCUT2D eigenvalue weighted by Gasteiger charge is -2.37. The molecule has 0 aliphatic carbocycles. The predicted octanol–water partition coefficient (Wildman–Crippen LogP) is -1.26. The zero-order chi connectivity index (χ0) is 13.9. The number of carbonyl (C=O) groups is 2. The zero-order valence-electron chi connectivity index (χ0n) is 9.44. The van der Waals surface area contributed by atoms with Crippen LogP contribution in [-0.2, 0) is 19.5 Å². The Bertz CT molecular complexity index is 436. The van der Waals surface area contributed by atoms with E-state index in [2.05, 4.69) is 4.28 Å². The molecule has 11 heteroatoms. The summed E-state index contributed by atoms with van der Waals surface area (Å²) in [7, 11) is -4.80. The normalized spacial score (nSPS) is 21.1. The van der Waals surface area contributed by atoms with Crippen molar-refractivity contribution in [3.8, 4) is 0 Å². The fourth-order valence-electron chi connectivity index (χ4n) is 1.65. The van der Waals surface area contributed by atoms with Gasteiger partial charge in [-0.25, -0.2) is 10.3 Å². The lowest BCUT2D eigenvalue weighted by Crippen LogP contribution is -2.58. The van der Waals surface area contributed by atoms with Gasteiger partial charge in [-0.1, -0.05) is 0 Å². The van der Waals surface area contributed by atoms with Crippen LogP contribution >= 0.6 is 0 Å². The topological polar surface area (TPSA) is 136 Å². The fraction of sp³-hybridized carbons (Fsp3) is 0.714. The van der Waals surface area contributed by atoms with Crippen molar-refractivity contribution >= 4 is 22.3 Å². The van der Waals surface area contributed by atoms with Crippen molar-refractivity contribution in [1.29, 1.82) is 0 Å². The van der Waals surface area contributed by atoms with Crippen molar-refractivity contribution in [3.05, 3.63) is 0 Å². The summed E-state index contributed by atoms with van der Waals surface area (Å²) in [6.07, 6.45) is 0.0431. The maximum absolute atomic E-state index is 11.8. The fourth-order valence-corrected chi connectivity index (χ4v) is 2.02. The van der Waals surface area contributed by atoms with E-state index in [0.29, 0.717) is 5.06 Å². The van der Waals surface area contributed by atoms with Crippen LogP contribution in [0.25, 0.3) is 0 Å². The molecule has 104 valence electrons. The van der Waals surface area contributed by atoms with Crippen molar-refractivity contribution in [2.24, 2.45) is 0 Å². The lowest BCUT2D eigenvalue weighted by molar-refractivity contribution is -0.138. The number of likely N-dealkylation sites (N-methyl/N-ethyl adjacent to an activating group) is 1. The van der Waals surface area contributed by atoms with Gasteiger partial charge in [0, 0.05) is 6.54 Å². The molecule has 0 saturated carbocycles. The highest BCUT2D eigenvalue weighted by molar-refractivity contribution is 7.80. The number of carbonyl (C=O) groups excluding carboxylic acids is 2. The maximum atomic E-state index is 11.8. The average molecular weight is 283 g/mol. The molecule has 1 rings (SSSR count). The Morgan fingerprint density at radius 1 is 1.61 bits per heavy atom. The second-order valence-electron chi connectivity index (χ2n) is 3.45. The molecular weight excluding hydrogens is 270 g/mol. The van der Waals surface area contributed by atoms with Gasteiger partial charge in [0.1, 0.15) is 6.04 Å². The average Bonchev–Trinajstić information content (AvgIpc) is 2.28. The van der Waals surface area contributed by atoms with Gasteiger partial charge in [-0.15, -0.1) is 4.28 Å². The standard InChI is InChI=1S/C7H13N3O7S/c1-2-9-5(6(11)8-13)3-4-10(7(9)12)17-18(14,15)16/h5,13H,2-4H2,1H3,(H,8,11)(H,14,15,16)/t5-/m0/s1. The first-order valence-electron chi connectivity index (χ1n) is 4.99. The summed E-state index contributed by atoms with van der Waals surface area (Å²) in [5.41, 5.74) is 1.42. The van der Waals surface area contributed by atoms with Crippen LogP contribution in [0.5, 0.6) is 0 Å². The number of urea groups is 1. The van der Waals surface area contributed by atoms with Gasteiger partial charge in [-0.3, -0.25) is 14.6 Å². The van der Waals surface area contributed by atoms with Gasteiger partial charge >= 0.3 is 16.4 Å². The van der Waals surface area contributed by atoms with Crippen LogP contribution in [-0.4, -0.2) is 59.2 Å². The molecule has 0 radical (unpaired) electrons. The lowest BCUT2D eigenvalue weighted by atomic mass is 10.1. The highest BCUT2D eigenvalue weighted by Crippen LogP contribution is 2.17. The van der Waals surface area contributed by atoms with Crippen LogP contribution in [0.4, 0.5) is 4.79 Å².